The lowest BCUT2D eigenvalue weighted by atomic mass is 9.91. The molecule has 0 aliphatic carbocycles. The zero-order valence-electron chi connectivity index (χ0n) is 78.4. The zero-order valence-corrected chi connectivity index (χ0v) is 78.4. The number of fused-ring (bicyclic) bond motifs is 39. The summed E-state index contributed by atoms with van der Waals surface area (Å²) in [6.45, 7) is 6.69. The van der Waals surface area contributed by atoms with Gasteiger partial charge in [-0.3, -0.25) is 26.4 Å². The number of nitrogens with zero attached hydrogens (tertiary/aromatic N) is 15. The van der Waals surface area contributed by atoms with Gasteiger partial charge in [-0.1, -0.05) is 297 Å². The average molecular weight is 1850 g/mol. The van der Waals surface area contributed by atoms with E-state index in [0.29, 0.717) is 0 Å². The third kappa shape index (κ3) is 11.1. The lowest BCUT2D eigenvalue weighted by molar-refractivity contribution is 0.670. The summed E-state index contributed by atoms with van der Waals surface area (Å²) in [6.07, 6.45) is 0. The Morgan fingerprint density at radius 2 is 0.441 bits per heavy atom. The number of aryl methyl sites for hydroxylation is 3. The third-order valence-corrected chi connectivity index (χ3v) is 31.1. The van der Waals surface area contributed by atoms with E-state index in [0.717, 1.165) is 195 Å². The molecule has 0 amide bonds. The fraction of sp³-hybridized carbons (Fsp3) is 0.0233. The van der Waals surface area contributed by atoms with Gasteiger partial charge in [-0.05, 0) is 279 Å². The van der Waals surface area contributed by atoms with Crippen molar-refractivity contribution in [3.05, 3.63) is 429 Å². The molecule has 0 N–H and O–H groups in total. The maximum Gasteiger partial charge on any atom is 0.223 e. The van der Waals surface area contributed by atoms with Crippen LogP contribution in [0.25, 0.3) is 304 Å². The van der Waals surface area contributed by atoms with Crippen LogP contribution in [0.1, 0.15) is 16.7 Å². The maximum atomic E-state index is 6.39. The van der Waals surface area contributed by atoms with Gasteiger partial charge in [0.15, 0.2) is 0 Å². The van der Waals surface area contributed by atoms with Crippen LogP contribution in [0, 0.1) is 20.8 Å². The molecule has 0 aliphatic rings. The van der Waals surface area contributed by atoms with Crippen LogP contribution in [0.15, 0.2) is 417 Å². The molecule has 13 aromatic heterocycles. The smallest absolute Gasteiger partial charge is 0.223 e. The Labute approximate surface area is 822 Å². The number of rotatable bonds is 6. The van der Waals surface area contributed by atoms with E-state index < -0.39 is 0 Å². The number of para-hydroxylation sites is 2. The zero-order chi connectivity index (χ0) is 94.7. The van der Waals surface area contributed by atoms with Crippen molar-refractivity contribution in [2.75, 3.05) is 0 Å². The van der Waals surface area contributed by atoms with Crippen molar-refractivity contribution >= 4 is 237 Å². The van der Waals surface area contributed by atoms with Crippen molar-refractivity contribution in [1.29, 1.82) is 0 Å². The summed E-state index contributed by atoms with van der Waals surface area (Å²) in [4.78, 5) is 31.7. The van der Waals surface area contributed by atoms with E-state index in [-0.39, 0.29) is 0 Å². The predicted molar refractivity (Wildman–Crippen MR) is 595 cm³/mol. The van der Waals surface area contributed by atoms with Crippen molar-refractivity contribution in [2.45, 2.75) is 20.8 Å². The van der Waals surface area contributed by atoms with E-state index in [1.807, 2.05) is 12.1 Å². The van der Waals surface area contributed by atoms with Gasteiger partial charge in [0, 0.05) is 16.3 Å². The summed E-state index contributed by atoms with van der Waals surface area (Å²) in [5, 5.41) is 16.6. The summed E-state index contributed by atoms with van der Waals surface area (Å²) in [7, 11) is 0. The molecule has 22 aromatic carbocycles. The van der Waals surface area contributed by atoms with Crippen molar-refractivity contribution in [3.63, 3.8) is 0 Å². The fourth-order valence-electron chi connectivity index (χ4n) is 24.5. The fourth-order valence-corrected chi connectivity index (χ4v) is 24.5. The molecule has 145 heavy (non-hydrogen) atoms. The number of hydrogen-bond acceptors (Lipinski definition) is 7. The summed E-state index contributed by atoms with van der Waals surface area (Å²) >= 11 is 0. The molecule has 0 spiro atoms. The summed E-state index contributed by atoms with van der Waals surface area (Å²) in [5.41, 5.74) is 42.4. The quantitative estimate of drug-likeness (QED) is 0.162. The lowest BCUT2D eigenvalue weighted by Crippen LogP contribution is -1.93. The Hall–Kier alpha value is -19.6. The van der Waals surface area contributed by atoms with E-state index in [9.17, 15) is 0 Å². The largest absolute Gasteiger partial charge is 0.455 e. The van der Waals surface area contributed by atoms with Gasteiger partial charge in [-0.25, -0.2) is 43.1 Å². The minimum Gasteiger partial charge on any atom is -0.455 e. The Kier molecular flexibility index (Phi) is 15.6. The molecule has 0 unspecified atom stereocenters. The molecular weight excluding hydrogens is 1780 g/mol. The molecule has 35 rings (SSSR count). The summed E-state index contributed by atoms with van der Waals surface area (Å²) in [6, 6.07) is 148. The molecule has 0 radical (unpaired) electrons. The molecule has 16 nitrogen and oxygen atoms in total. The number of aromatic nitrogens is 15. The number of furan rings is 1. The standard InChI is InChI=1S/C46H25N5O.C42H27N5.C41H25N5/c1-3-10-30-22-38-36(20-28(30)8-1)47-45-49(38)40-24-32(25-41-43(40)51(45)46-48-37-21-29-9-2-4-11-31(29)23-39(37)50(41)46)26-16-18-27(19-17-26)33-13-7-14-35-34-12-5-6-15-42(34)52-44(33)35;1-24-16-31(26-10-4-3-5-11-26)17-25(2)39(24)32-22-37-40-38(23-32)46-36-21-30-15-9-7-13-28(30)19-34(36)44-42(46)47(40)41-43-33-18-27-12-6-8-14-29(27)20-35(33)45(37)41;1-24-17-30(25-9-3-2-4-10-25)15-16-32(24)31-22-37-39-38(23-31)45-36-21-29-14-8-6-12-27(29)19-34(36)43-41(45)46(39)40-42-33-18-26-11-5-7-13-28(26)20-35(33)44(37)40/h1-25H;3-23H,1-2H3;2-23H,1H3. The van der Waals surface area contributed by atoms with Crippen LogP contribution in [0.2, 0.25) is 0 Å². The van der Waals surface area contributed by atoms with Gasteiger partial charge in [0.1, 0.15) is 27.7 Å². The molecule has 16 heteroatoms. The van der Waals surface area contributed by atoms with Crippen molar-refractivity contribution in [2.24, 2.45) is 0 Å². The highest BCUT2D eigenvalue weighted by Crippen LogP contribution is 2.48. The Bertz CT molecular complexity index is 11300. The summed E-state index contributed by atoms with van der Waals surface area (Å²) < 4.78 is 27.1. The van der Waals surface area contributed by atoms with E-state index in [1.165, 1.54) is 126 Å². The lowest BCUT2D eigenvalue weighted by Gasteiger charge is -2.14. The van der Waals surface area contributed by atoms with Gasteiger partial charge < -0.3 is 4.42 Å². The highest BCUT2D eigenvalue weighted by Gasteiger charge is 2.32. The number of imidazole rings is 12. The van der Waals surface area contributed by atoms with Crippen molar-refractivity contribution < 1.29 is 4.42 Å². The van der Waals surface area contributed by atoms with Crippen molar-refractivity contribution in [1.82, 2.24) is 69.5 Å². The average Bonchev–Trinajstić information content (AvgIpc) is 1.52. The second-order valence-electron chi connectivity index (χ2n) is 39.3. The van der Waals surface area contributed by atoms with Gasteiger partial charge in [0.05, 0.1) is 99.3 Å². The van der Waals surface area contributed by atoms with Crippen LogP contribution in [0.5, 0.6) is 0 Å². The molecule has 674 valence electrons. The van der Waals surface area contributed by atoms with Crippen LogP contribution in [-0.2, 0) is 0 Å². The number of benzene rings is 22. The van der Waals surface area contributed by atoms with E-state index in [2.05, 4.69) is 461 Å². The molecule has 35 aromatic rings. The van der Waals surface area contributed by atoms with E-state index in [4.69, 9.17) is 34.3 Å². The van der Waals surface area contributed by atoms with Crippen LogP contribution in [0.3, 0.4) is 0 Å². The van der Waals surface area contributed by atoms with E-state index >= 15 is 0 Å². The highest BCUT2D eigenvalue weighted by atomic mass is 16.3. The van der Waals surface area contributed by atoms with Crippen LogP contribution in [-0.4, -0.2) is 69.5 Å². The second kappa shape index (κ2) is 28.8. The first-order valence-electron chi connectivity index (χ1n) is 49.3. The summed E-state index contributed by atoms with van der Waals surface area (Å²) in [5.74, 6) is 5.27. The molecule has 0 saturated heterocycles. The Balaban J connectivity index is 0.0000000956. The van der Waals surface area contributed by atoms with Gasteiger partial charge in [-0.2, -0.15) is 0 Å². The second-order valence-corrected chi connectivity index (χ2v) is 39.3. The molecule has 13 heterocycles. The molecule has 0 fully saturated rings. The SMILES string of the molecule is Cc1cc(-c2ccccc2)cc(C)c1-c1cc2c3c(c1)n1c4cc5ccccc5cc4nc1n3c1nc3cc4ccccc4cc3n21.Cc1cc(-c2ccccc2)ccc1-c1cc2c3c(c1)n1c4cc5ccccc5cc4nc1n3c1nc3cc4ccccc4cc3n21.c1ccc2cc3c(cc2c1)nc1n3c2cc(-c3ccc(-c4cccc5c4oc4ccccc45)cc3)cc3c2n1c1nc2cc4ccccc4cc2n31. The monoisotopic (exact) mass is 1850 g/mol. The minimum absolute atomic E-state index is 0.867. The first kappa shape index (κ1) is 78.3. The van der Waals surface area contributed by atoms with Crippen LogP contribution in [0.4, 0.5) is 0 Å². The van der Waals surface area contributed by atoms with E-state index in [1.54, 1.807) is 0 Å². The first-order valence-corrected chi connectivity index (χ1v) is 49.3. The molecule has 0 bridgehead atoms. The van der Waals surface area contributed by atoms with Gasteiger partial charge in [-0.15, -0.1) is 0 Å². The van der Waals surface area contributed by atoms with Gasteiger partial charge >= 0.3 is 0 Å². The normalized spacial score (nSPS) is 12.5. The van der Waals surface area contributed by atoms with Gasteiger partial charge in [0.25, 0.3) is 0 Å². The molecular formula is C129H77N15O. The molecule has 0 aliphatic heterocycles. The third-order valence-electron chi connectivity index (χ3n) is 31.1. The maximum absolute atomic E-state index is 6.39. The predicted octanol–water partition coefficient (Wildman–Crippen LogP) is 32.1. The Morgan fingerprint density at radius 1 is 0.172 bits per heavy atom. The Morgan fingerprint density at radius 3 is 0.793 bits per heavy atom. The van der Waals surface area contributed by atoms with Crippen LogP contribution >= 0.6 is 0 Å². The molecule has 0 saturated carbocycles. The molecule has 0 atom stereocenters. The topological polar surface area (TPSA) is 130 Å². The van der Waals surface area contributed by atoms with Crippen molar-refractivity contribution in [3.8, 4) is 66.8 Å². The van der Waals surface area contributed by atoms with Crippen LogP contribution < -0.4 is 0 Å². The highest BCUT2D eigenvalue weighted by molar-refractivity contribution is 6.16. The first-order chi connectivity index (χ1) is 71.5. The minimum atomic E-state index is 0.867. The van der Waals surface area contributed by atoms with Gasteiger partial charge in [0.2, 0.25) is 34.7 Å². The number of hydrogen-bond donors (Lipinski definition) is 0.